The summed E-state index contributed by atoms with van der Waals surface area (Å²) in [5.74, 6) is 0.821. The van der Waals surface area contributed by atoms with Gasteiger partial charge in [-0.1, -0.05) is 41.7 Å². The SMILES string of the molecule is c1ccc(Oc2nc3ccccc3s2)cc1. The highest BCUT2D eigenvalue weighted by atomic mass is 32.1. The summed E-state index contributed by atoms with van der Waals surface area (Å²) in [6.07, 6.45) is 0. The predicted molar refractivity (Wildman–Crippen MR) is 66.1 cm³/mol. The van der Waals surface area contributed by atoms with Gasteiger partial charge in [-0.2, -0.15) is 0 Å². The maximum Gasteiger partial charge on any atom is 0.279 e. The molecule has 0 unspecified atom stereocenters. The van der Waals surface area contributed by atoms with E-state index in [2.05, 4.69) is 4.98 Å². The van der Waals surface area contributed by atoms with Crippen LogP contribution in [-0.4, -0.2) is 4.98 Å². The van der Waals surface area contributed by atoms with Gasteiger partial charge in [0.25, 0.3) is 5.19 Å². The molecule has 3 aromatic rings. The van der Waals surface area contributed by atoms with E-state index in [4.69, 9.17) is 4.74 Å². The molecule has 0 fully saturated rings. The molecule has 0 aliphatic rings. The van der Waals surface area contributed by atoms with Crippen LogP contribution in [0.1, 0.15) is 0 Å². The van der Waals surface area contributed by atoms with Gasteiger partial charge in [0.05, 0.1) is 10.2 Å². The molecule has 3 rings (SSSR count). The molecule has 3 heteroatoms. The number of para-hydroxylation sites is 2. The molecule has 0 atom stereocenters. The molecule has 2 nitrogen and oxygen atoms in total. The second-order valence-corrected chi connectivity index (χ2v) is 4.36. The summed E-state index contributed by atoms with van der Waals surface area (Å²) in [4.78, 5) is 4.40. The summed E-state index contributed by atoms with van der Waals surface area (Å²) in [7, 11) is 0. The molecule has 0 aliphatic carbocycles. The Morgan fingerprint density at radius 1 is 0.875 bits per heavy atom. The van der Waals surface area contributed by atoms with Crippen LogP contribution >= 0.6 is 11.3 Å². The Morgan fingerprint density at radius 3 is 2.44 bits per heavy atom. The van der Waals surface area contributed by atoms with Crippen LogP contribution in [0.4, 0.5) is 0 Å². The Bertz CT molecular complexity index is 570. The molecule has 0 radical (unpaired) electrons. The van der Waals surface area contributed by atoms with Crippen LogP contribution in [0.2, 0.25) is 0 Å². The first-order valence-corrected chi connectivity index (χ1v) is 5.82. The molecule has 1 heterocycles. The van der Waals surface area contributed by atoms with Crippen LogP contribution < -0.4 is 4.74 Å². The first-order chi connectivity index (χ1) is 7.92. The first kappa shape index (κ1) is 9.36. The van der Waals surface area contributed by atoms with Gasteiger partial charge in [-0.25, -0.2) is 4.98 Å². The molecule has 2 aromatic carbocycles. The molecular formula is C13H9NOS. The largest absolute Gasteiger partial charge is 0.431 e. The van der Waals surface area contributed by atoms with E-state index in [1.54, 1.807) is 11.3 Å². The minimum atomic E-state index is 0.687. The third-order valence-electron chi connectivity index (χ3n) is 2.22. The van der Waals surface area contributed by atoms with Gasteiger partial charge in [0.2, 0.25) is 0 Å². The number of hydrogen-bond donors (Lipinski definition) is 0. The number of benzene rings is 2. The fraction of sp³-hybridized carbons (Fsp3) is 0. The van der Waals surface area contributed by atoms with Crippen LogP contribution in [0.5, 0.6) is 10.9 Å². The van der Waals surface area contributed by atoms with Crippen molar-refractivity contribution in [3.05, 3.63) is 54.6 Å². The molecule has 0 aliphatic heterocycles. The number of fused-ring (bicyclic) bond motifs is 1. The lowest BCUT2D eigenvalue weighted by molar-refractivity contribution is 0.480. The zero-order valence-corrected chi connectivity index (χ0v) is 9.28. The minimum Gasteiger partial charge on any atom is -0.431 e. The minimum absolute atomic E-state index is 0.687. The fourth-order valence-corrected chi connectivity index (χ4v) is 2.32. The average molecular weight is 227 g/mol. The Kier molecular flexibility index (Phi) is 2.31. The third-order valence-corrected chi connectivity index (χ3v) is 3.14. The number of hydrogen-bond acceptors (Lipinski definition) is 3. The van der Waals surface area contributed by atoms with Crippen LogP contribution in [0.15, 0.2) is 54.6 Å². The second-order valence-electron chi connectivity index (χ2n) is 3.36. The van der Waals surface area contributed by atoms with Gasteiger partial charge in [0.15, 0.2) is 0 Å². The molecule has 16 heavy (non-hydrogen) atoms. The van der Waals surface area contributed by atoms with Crippen molar-refractivity contribution >= 4 is 21.6 Å². The summed E-state index contributed by atoms with van der Waals surface area (Å²) in [5.41, 5.74) is 0.985. The van der Waals surface area contributed by atoms with Gasteiger partial charge < -0.3 is 4.74 Å². The maximum absolute atomic E-state index is 5.67. The van der Waals surface area contributed by atoms with Crippen LogP contribution in [0.25, 0.3) is 10.2 Å². The van der Waals surface area contributed by atoms with Crippen molar-refractivity contribution in [2.75, 3.05) is 0 Å². The van der Waals surface area contributed by atoms with Crippen LogP contribution in [0, 0.1) is 0 Å². The quantitative estimate of drug-likeness (QED) is 0.658. The summed E-state index contributed by atoms with van der Waals surface area (Å²) in [6, 6.07) is 17.7. The van der Waals surface area contributed by atoms with E-state index in [-0.39, 0.29) is 0 Å². The number of rotatable bonds is 2. The van der Waals surface area contributed by atoms with Crippen molar-refractivity contribution in [2.24, 2.45) is 0 Å². The molecule has 0 saturated heterocycles. The van der Waals surface area contributed by atoms with Crippen molar-refractivity contribution < 1.29 is 4.74 Å². The van der Waals surface area contributed by atoms with Crippen molar-refractivity contribution in [2.45, 2.75) is 0 Å². The van der Waals surface area contributed by atoms with Crippen molar-refractivity contribution in [1.82, 2.24) is 4.98 Å². The summed E-state index contributed by atoms with van der Waals surface area (Å²) in [5, 5.41) is 0.687. The van der Waals surface area contributed by atoms with Gasteiger partial charge in [-0.15, -0.1) is 0 Å². The van der Waals surface area contributed by atoms with Crippen LogP contribution in [0.3, 0.4) is 0 Å². The van der Waals surface area contributed by atoms with Crippen molar-refractivity contribution in [3.63, 3.8) is 0 Å². The van der Waals surface area contributed by atoms with E-state index < -0.39 is 0 Å². The third kappa shape index (κ3) is 1.77. The van der Waals surface area contributed by atoms with E-state index >= 15 is 0 Å². The van der Waals surface area contributed by atoms with E-state index in [0.717, 1.165) is 16.0 Å². The van der Waals surface area contributed by atoms with Gasteiger partial charge in [-0.3, -0.25) is 0 Å². The summed E-state index contributed by atoms with van der Waals surface area (Å²) in [6.45, 7) is 0. The van der Waals surface area contributed by atoms with Gasteiger partial charge >= 0.3 is 0 Å². The molecule has 1 aromatic heterocycles. The first-order valence-electron chi connectivity index (χ1n) is 5.00. The molecule has 0 bridgehead atoms. The summed E-state index contributed by atoms with van der Waals surface area (Å²) < 4.78 is 6.82. The maximum atomic E-state index is 5.67. The van der Waals surface area contributed by atoms with Crippen LogP contribution in [-0.2, 0) is 0 Å². The van der Waals surface area contributed by atoms with E-state index in [0.29, 0.717) is 5.19 Å². The lowest BCUT2D eigenvalue weighted by Crippen LogP contribution is -1.80. The Balaban J connectivity index is 1.95. The Labute approximate surface area is 97.1 Å². The molecule has 0 N–H and O–H groups in total. The van der Waals surface area contributed by atoms with E-state index in [1.807, 2.05) is 54.6 Å². The Morgan fingerprint density at radius 2 is 1.62 bits per heavy atom. The molecule has 0 amide bonds. The van der Waals surface area contributed by atoms with E-state index in [1.165, 1.54) is 0 Å². The standard InChI is InChI=1S/C13H9NOS/c1-2-6-10(7-3-1)15-13-14-11-8-4-5-9-12(11)16-13/h1-9H. The number of nitrogens with zero attached hydrogens (tertiary/aromatic N) is 1. The zero-order chi connectivity index (χ0) is 10.8. The van der Waals surface area contributed by atoms with E-state index in [9.17, 15) is 0 Å². The lowest BCUT2D eigenvalue weighted by atomic mass is 10.3. The normalized spacial score (nSPS) is 10.5. The van der Waals surface area contributed by atoms with Crippen molar-refractivity contribution in [3.8, 4) is 10.9 Å². The second kappa shape index (κ2) is 3.94. The fourth-order valence-electron chi connectivity index (χ4n) is 1.48. The Hall–Kier alpha value is -1.87. The topological polar surface area (TPSA) is 22.1 Å². The number of aromatic nitrogens is 1. The highest BCUT2D eigenvalue weighted by Gasteiger charge is 2.04. The number of ether oxygens (including phenoxy) is 1. The highest BCUT2D eigenvalue weighted by molar-refractivity contribution is 7.20. The summed E-state index contributed by atoms with van der Waals surface area (Å²) >= 11 is 1.56. The zero-order valence-electron chi connectivity index (χ0n) is 8.46. The highest BCUT2D eigenvalue weighted by Crippen LogP contribution is 2.30. The monoisotopic (exact) mass is 227 g/mol. The smallest absolute Gasteiger partial charge is 0.279 e. The molecule has 0 saturated carbocycles. The lowest BCUT2D eigenvalue weighted by Gasteiger charge is -1.98. The predicted octanol–water partition coefficient (Wildman–Crippen LogP) is 4.09. The average Bonchev–Trinajstić information content (AvgIpc) is 2.72. The number of thiazole rings is 1. The molecule has 78 valence electrons. The molecular weight excluding hydrogens is 218 g/mol. The van der Waals surface area contributed by atoms with Crippen molar-refractivity contribution in [1.29, 1.82) is 0 Å². The van der Waals surface area contributed by atoms with Gasteiger partial charge in [0.1, 0.15) is 5.75 Å². The van der Waals surface area contributed by atoms with Gasteiger partial charge in [0, 0.05) is 0 Å². The van der Waals surface area contributed by atoms with Gasteiger partial charge in [-0.05, 0) is 24.3 Å². The molecule has 0 spiro atoms.